The molecule has 148 valence electrons. The molecule has 1 heterocycles. The first-order chi connectivity index (χ1) is 13.6. The lowest BCUT2D eigenvalue weighted by atomic mass is 10.1. The van der Waals surface area contributed by atoms with Gasteiger partial charge in [-0.2, -0.15) is 0 Å². The predicted octanol–water partition coefficient (Wildman–Crippen LogP) is 1.19. The van der Waals surface area contributed by atoms with E-state index < -0.39 is 5.91 Å². The van der Waals surface area contributed by atoms with Crippen LogP contribution in [-0.2, 0) is 17.8 Å². The van der Waals surface area contributed by atoms with Gasteiger partial charge in [0, 0.05) is 20.1 Å². The highest BCUT2D eigenvalue weighted by molar-refractivity contribution is 5.79. The van der Waals surface area contributed by atoms with Gasteiger partial charge in [-0.05, 0) is 41.8 Å². The number of primary amides is 1. The van der Waals surface area contributed by atoms with E-state index in [-0.39, 0.29) is 13.4 Å². The molecule has 1 aliphatic heterocycles. The molecule has 8 heteroatoms. The molecule has 0 fully saturated rings. The van der Waals surface area contributed by atoms with Crippen molar-refractivity contribution >= 4 is 11.9 Å². The standard InChI is InChI=1S/C20H24N4O4/c1-22-20(23-8-7-14-5-6-17-18(10-14)28-13-27-17)24-11-15-3-2-4-16(9-15)26-12-19(21)25/h2-6,9-10H,7-8,11-13H2,1H3,(H2,21,25)(H2,22,23,24). The van der Waals surface area contributed by atoms with Crippen molar-refractivity contribution in [2.24, 2.45) is 10.7 Å². The molecule has 2 aromatic carbocycles. The third kappa shape index (κ3) is 5.54. The molecule has 0 saturated heterocycles. The van der Waals surface area contributed by atoms with E-state index in [1.807, 2.05) is 36.4 Å². The van der Waals surface area contributed by atoms with Gasteiger partial charge >= 0.3 is 0 Å². The van der Waals surface area contributed by atoms with Crippen molar-refractivity contribution in [2.45, 2.75) is 13.0 Å². The minimum absolute atomic E-state index is 0.139. The first kappa shape index (κ1) is 19.3. The molecular formula is C20H24N4O4. The third-order valence-corrected chi connectivity index (χ3v) is 4.11. The average molecular weight is 384 g/mol. The van der Waals surface area contributed by atoms with Crippen molar-refractivity contribution in [3.05, 3.63) is 53.6 Å². The monoisotopic (exact) mass is 384 g/mol. The minimum atomic E-state index is -0.504. The summed E-state index contributed by atoms with van der Waals surface area (Å²) in [5.74, 6) is 2.37. The molecule has 0 aliphatic carbocycles. The van der Waals surface area contributed by atoms with E-state index in [4.69, 9.17) is 19.9 Å². The Labute approximate surface area is 163 Å². The number of hydrogen-bond donors (Lipinski definition) is 3. The van der Waals surface area contributed by atoms with Crippen molar-refractivity contribution in [3.63, 3.8) is 0 Å². The van der Waals surface area contributed by atoms with Crippen LogP contribution in [0.3, 0.4) is 0 Å². The van der Waals surface area contributed by atoms with E-state index in [0.29, 0.717) is 18.3 Å². The number of nitrogens with one attached hydrogen (secondary N) is 2. The number of rotatable bonds is 8. The zero-order chi connectivity index (χ0) is 19.8. The molecule has 8 nitrogen and oxygen atoms in total. The van der Waals surface area contributed by atoms with Gasteiger partial charge in [0.15, 0.2) is 24.1 Å². The molecule has 0 aromatic heterocycles. The molecule has 0 saturated carbocycles. The van der Waals surface area contributed by atoms with Crippen LogP contribution >= 0.6 is 0 Å². The second kappa shape index (κ2) is 9.50. The lowest BCUT2D eigenvalue weighted by Crippen LogP contribution is -2.37. The summed E-state index contributed by atoms with van der Waals surface area (Å²) in [6.07, 6.45) is 0.827. The van der Waals surface area contributed by atoms with Crippen LogP contribution in [0.5, 0.6) is 17.2 Å². The van der Waals surface area contributed by atoms with Crippen molar-refractivity contribution in [2.75, 3.05) is 27.0 Å². The van der Waals surface area contributed by atoms with Crippen LogP contribution < -0.4 is 30.6 Å². The smallest absolute Gasteiger partial charge is 0.255 e. The Kier molecular flexibility index (Phi) is 6.56. The summed E-state index contributed by atoms with van der Waals surface area (Å²) >= 11 is 0. The molecule has 1 amide bonds. The number of benzene rings is 2. The number of carbonyl (C=O) groups is 1. The fourth-order valence-corrected chi connectivity index (χ4v) is 2.73. The summed E-state index contributed by atoms with van der Waals surface area (Å²) in [6, 6.07) is 13.4. The second-order valence-electron chi connectivity index (χ2n) is 6.19. The summed E-state index contributed by atoms with van der Waals surface area (Å²) in [5.41, 5.74) is 7.26. The van der Waals surface area contributed by atoms with Gasteiger partial charge in [-0.25, -0.2) is 0 Å². The lowest BCUT2D eigenvalue weighted by molar-refractivity contribution is -0.119. The number of ether oxygens (including phenoxy) is 3. The van der Waals surface area contributed by atoms with Crippen molar-refractivity contribution in [1.82, 2.24) is 10.6 Å². The number of guanidine groups is 1. The highest BCUT2D eigenvalue weighted by atomic mass is 16.7. The van der Waals surface area contributed by atoms with Crippen molar-refractivity contribution in [1.29, 1.82) is 0 Å². The Hall–Kier alpha value is -3.42. The molecule has 0 atom stereocenters. The third-order valence-electron chi connectivity index (χ3n) is 4.11. The maximum Gasteiger partial charge on any atom is 0.255 e. The molecule has 0 bridgehead atoms. The number of amides is 1. The van der Waals surface area contributed by atoms with E-state index in [0.717, 1.165) is 35.6 Å². The Morgan fingerprint density at radius 3 is 2.82 bits per heavy atom. The number of hydrogen-bond acceptors (Lipinski definition) is 5. The second-order valence-corrected chi connectivity index (χ2v) is 6.19. The van der Waals surface area contributed by atoms with E-state index in [1.165, 1.54) is 0 Å². The molecule has 1 aliphatic rings. The van der Waals surface area contributed by atoms with E-state index in [9.17, 15) is 4.79 Å². The maximum atomic E-state index is 10.8. The lowest BCUT2D eigenvalue weighted by Gasteiger charge is -2.13. The first-order valence-corrected chi connectivity index (χ1v) is 8.97. The van der Waals surface area contributed by atoms with Gasteiger partial charge < -0.3 is 30.6 Å². The highest BCUT2D eigenvalue weighted by Gasteiger charge is 2.13. The molecular weight excluding hydrogens is 360 g/mol. The fourth-order valence-electron chi connectivity index (χ4n) is 2.73. The zero-order valence-corrected chi connectivity index (χ0v) is 15.7. The van der Waals surface area contributed by atoms with E-state index >= 15 is 0 Å². The van der Waals surface area contributed by atoms with Gasteiger partial charge in [-0.15, -0.1) is 0 Å². The number of nitrogens with two attached hydrogens (primary N) is 1. The molecule has 2 aromatic rings. The van der Waals surface area contributed by atoms with Crippen LogP contribution in [-0.4, -0.2) is 38.9 Å². The fraction of sp³-hybridized carbons (Fsp3) is 0.300. The quantitative estimate of drug-likeness (QED) is 0.466. The molecule has 28 heavy (non-hydrogen) atoms. The van der Waals surface area contributed by atoms with E-state index in [2.05, 4.69) is 15.6 Å². The zero-order valence-electron chi connectivity index (χ0n) is 15.7. The van der Waals surface area contributed by atoms with Gasteiger partial charge in [-0.3, -0.25) is 9.79 Å². The molecule has 4 N–H and O–H groups in total. The normalized spacial score (nSPS) is 12.5. The Bertz CT molecular complexity index is 854. The molecule has 0 radical (unpaired) electrons. The Balaban J connectivity index is 1.44. The Morgan fingerprint density at radius 2 is 2.00 bits per heavy atom. The van der Waals surface area contributed by atoms with Gasteiger partial charge in [0.2, 0.25) is 6.79 Å². The predicted molar refractivity (Wildman–Crippen MR) is 106 cm³/mol. The van der Waals surface area contributed by atoms with Crippen LogP contribution in [0.25, 0.3) is 0 Å². The highest BCUT2D eigenvalue weighted by Crippen LogP contribution is 2.32. The summed E-state index contributed by atoms with van der Waals surface area (Å²) in [6.45, 7) is 1.43. The van der Waals surface area contributed by atoms with E-state index in [1.54, 1.807) is 13.1 Å². The van der Waals surface area contributed by atoms with Gasteiger partial charge in [0.1, 0.15) is 5.75 Å². The molecule has 0 unspecified atom stereocenters. The summed E-state index contributed by atoms with van der Waals surface area (Å²) < 4.78 is 16.0. The van der Waals surface area contributed by atoms with Crippen molar-refractivity contribution in [3.8, 4) is 17.2 Å². The minimum Gasteiger partial charge on any atom is -0.484 e. The topological polar surface area (TPSA) is 107 Å². The van der Waals surface area contributed by atoms with Gasteiger partial charge in [-0.1, -0.05) is 18.2 Å². The van der Waals surface area contributed by atoms with Gasteiger partial charge in [0.05, 0.1) is 0 Å². The molecule has 0 spiro atoms. The summed E-state index contributed by atoms with van der Waals surface area (Å²) in [4.78, 5) is 15.0. The maximum absolute atomic E-state index is 10.8. The summed E-state index contributed by atoms with van der Waals surface area (Å²) in [7, 11) is 1.72. The Morgan fingerprint density at radius 1 is 1.14 bits per heavy atom. The summed E-state index contributed by atoms with van der Waals surface area (Å²) in [5, 5.41) is 6.54. The first-order valence-electron chi connectivity index (χ1n) is 8.97. The van der Waals surface area contributed by atoms with Crippen LogP contribution in [0.4, 0.5) is 0 Å². The van der Waals surface area contributed by atoms with Gasteiger partial charge in [0.25, 0.3) is 5.91 Å². The largest absolute Gasteiger partial charge is 0.484 e. The van der Waals surface area contributed by atoms with Crippen LogP contribution in [0.1, 0.15) is 11.1 Å². The number of carbonyl (C=O) groups excluding carboxylic acids is 1. The number of nitrogens with zero attached hydrogens (tertiary/aromatic N) is 1. The van der Waals surface area contributed by atoms with Crippen LogP contribution in [0.2, 0.25) is 0 Å². The number of fused-ring (bicyclic) bond motifs is 1. The molecule has 3 rings (SSSR count). The van der Waals surface area contributed by atoms with Crippen LogP contribution in [0, 0.1) is 0 Å². The number of aliphatic imine (C=N–C) groups is 1. The SMILES string of the molecule is CN=C(NCCc1ccc2c(c1)OCO2)NCc1cccc(OCC(N)=O)c1. The van der Waals surface area contributed by atoms with Crippen molar-refractivity contribution < 1.29 is 19.0 Å². The average Bonchev–Trinajstić information content (AvgIpc) is 3.17. The van der Waals surface area contributed by atoms with Crippen LogP contribution in [0.15, 0.2) is 47.5 Å².